The molecular weight excluding hydrogens is 392 g/mol. The van der Waals surface area contributed by atoms with E-state index in [1.165, 1.54) is 6.42 Å². The number of thiophene rings is 1. The monoisotopic (exact) mass is 418 g/mol. The molecule has 1 heterocycles. The number of carbonyl (C=O) groups excluding carboxylic acids is 2. The SMILES string of the molecule is Cc1ccccc1C(C(=O)NC1CCCCC1)N(Cc1cccs1)C(=O)CCl. The lowest BCUT2D eigenvalue weighted by molar-refractivity contribution is -0.140. The molecule has 1 fully saturated rings. The smallest absolute Gasteiger partial charge is 0.247 e. The van der Waals surface area contributed by atoms with Crippen LogP contribution in [0.1, 0.15) is 54.1 Å². The Hall–Kier alpha value is -1.85. The first kappa shape index (κ1) is 20.9. The number of hydrogen-bond acceptors (Lipinski definition) is 3. The van der Waals surface area contributed by atoms with Crippen molar-refractivity contribution < 1.29 is 9.59 Å². The lowest BCUT2D eigenvalue weighted by Crippen LogP contribution is -2.47. The molecule has 1 saturated carbocycles. The number of nitrogens with zero attached hydrogens (tertiary/aromatic N) is 1. The molecule has 1 aromatic carbocycles. The van der Waals surface area contributed by atoms with Gasteiger partial charge in [-0.15, -0.1) is 22.9 Å². The molecule has 0 aliphatic heterocycles. The standard InChI is InChI=1S/C22H27ClN2O2S/c1-16-8-5-6-12-19(16)21(22(27)24-17-9-3-2-4-10-17)25(20(26)14-23)15-18-11-7-13-28-18/h5-8,11-13,17,21H,2-4,9-10,14-15H2,1H3,(H,24,27). The van der Waals surface area contributed by atoms with Gasteiger partial charge in [-0.3, -0.25) is 9.59 Å². The number of aryl methyl sites for hydroxylation is 1. The van der Waals surface area contributed by atoms with Crippen LogP contribution in [0.5, 0.6) is 0 Å². The number of halogens is 1. The Morgan fingerprint density at radius 2 is 1.93 bits per heavy atom. The summed E-state index contributed by atoms with van der Waals surface area (Å²) in [5.74, 6) is -0.497. The van der Waals surface area contributed by atoms with Crippen LogP contribution in [0.15, 0.2) is 41.8 Å². The summed E-state index contributed by atoms with van der Waals surface area (Å²) in [4.78, 5) is 28.8. The summed E-state index contributed by atoms with van der Waals surface area (Å²) in [6, 6.07) is 11.2. The molecule has 0 saturated heterocycles. The third-order valence-electron chi connectivity index (χ3n) is 5.34. The van der Waals surface area contributed by atoms with Crippen LogP contribution < -0.4 is 5.32 Å². The molecule has 28 heavy (non-hydrogen) atoms. The normalized spacial score (nSPS) is 15.8. The second-order valence-electron chi connectivity index (χ2n) is 7.34. The van der Waals surface area contributed by atoms with Crippen LogP contribution >= 0.6 is 22.9 Å². The average molecular weight is 419 g/mol. The Bertz CT molecular complexity index is 788. The number of nitrogens with one attached hydrogen (secondary N) is 1. The van der Waals surface area contributed by atoms with Crippen LogP contribution in [0, 0.1) is 6.92 Å². The van der Waals surface area contributed by atoms with Gasteiger partial charge in [-0.1, -0.05) is 49.6 Å². The lowest BCUT2D eigenvalue weighted by atomic mass is 9.94. The molecule has 0 spiro atoms. The molecule has 4 nitrogen and oxygen atoms in total. The zero-order chi connectivity index (χ0) is 19.9. The van der Waals surface area contributed by atoms with Gasteiger partial charge in [0.1, 0.15) is 11.9 Å². The van der Waals surface area contributed by atoms with E-state index in [1.54, 1.807) is 16.2 Å². The second kappa shape index (κ2) is 10.1. The predicted octanol–water partition coefficient (Wildman–Crippen LogP) is 4.81. The first-order chi connectivity index (χ1) is 13.6. The number of benzene rings is 1. The summed E-state index contributed by atoms with van der Waals surface area (Å²) in [5.41, 5.74) is 1.84. The summed E-state index contributed by atoms with van der Waals surface area (Å²) in [6.45, 7) is 2.35. The van der Waals surface area contributed by atoms with Crippen molar-refractivity contribution in [3.63, 3.8) is 0 Å². The van der Waals surface area contributed by atoms with E-state index in [4.69, 9.17) is 11.6 Å². The minimum atomic E-state index is -0.684. The number of alkyl halides is 1. The molecule has 1 N–H and O–H groups in total. The fourth-order valence-electron chi connectivity index (χ4n) is 3.84. The summed E-state index contributed by atoms with van der Waals surface area (Å²) in [7, 11) is 0. The molecule has 2 amide bonds. The van der Waals surface area contributed by atoms with Crippen LogP contribution in [0.2, 0.25) is 0 Å². The van der Waals surface area contributed by atoms with Gasteiger partial charge in [-0.25, -0.2) is 0 Å². The third-order valence-corrected chi connectivity index (χ3v) is 6.43. The molecule has 2 aromatic rings. The maximum Gasteiger partial charge on any atom is 0.247 e. The Kier molecular flexibility index (Phi) is 7.51. The first-order valence-electron chi connectivity index (χ1n) is 9.84. The topological polar surface area (TPSA) is 49.4 Å². The molecule has 3 rings (SSSR count). The third kappa shape index (κ3) is 5.15. The van der Waals surface area contributed by atoms with E-state index in [2.05, 4.69) is 5.32 Å². The van der Waals surface area contributed by atoms with Crippen molar-refractivity contribution >= 4 is 34.8 Å². The Morgan fingerprint density at radius 3 is 2.57 bits per heavy atom. The van der Waals surface area contributed by atoms with E-state index >= 15 is 0 Å². The average Bonchev–Trinajstić information content (AvgIpc) is 3.22. The van der Waals surface area contributed by atoms with E-state index in [0.29, 0.717) is 6.54 Å². The van der Waals surface area contributed by atoms with Gasteiger partial charge in [0.05, 0.1) is 6.54 Å². The van der Waals surface area contributed by atoms with Gasteiger partial charge in [0.25, 0.3) is 0 Å². The fourth-order valence-corrected chi connectivity index (χ4v) is 4.70. The molecule has 150 valence electrons. The molecular formula is C22H27ClN2O2S. The van der Waals surface area contributed by atoms with Gasteiger partial charge in [0, 0.05) is 10.9 Å². The van der Waals surface area contributed by atoms with Gasteiger partial charge in [-0.05, 0) is 42.3 Å². The maximum atomic E-state index is 13.4. The van der Waals surface area contributed by atoms with Gasteiger partial charge in [0.2, 0.25) is 11.8 Å². The molecule has 1 aromatic heterocycles. The highest BCUT2D eigenvalue weighted by atomic mass is 35.5. The summed E-state index contributed by atoms with van der Waals surface area (Å²) < 4.78 is 0. The van der Waals surface area contributed by atoms with Crippen LogP contribution in [0.25, 0.3) is 0 Å². The van der Waals surface area contributed by atoms with E-state index < -0.39 is 6.04 Å². The van der Waals surface area contributed by atoms with Crippen LogP contribution in [-0.2, 0) is 16.1 Å². The van der Waals surface area contributed by atoms with Crippen molar-refractivity contribution in [2.24, 2.45) is 0 Å². The second-order valence-corrected chi connectivity index (χ2v) is 8.64. The minimum Gasteiger partial charge on any atom is -0.351 e. The molecule has 1 aliphatic carbocycles. The Labute approximate surface area is 175 Å². The number of amides is 2. The number of rotatable bonds is 7. The predicted molar refractivity (Wildman–Crippen MR) is 115 cm³/mol. The molecule has 6 heteroatoms. The largest absolute Gasteiger partial charge is 0.351 e. The lowest BCUT2D eigenvalue weighted by Gasteiger charge is -2.33. The first-order valence-corrected chi connectivity index (χ1v) is 11.2. The van der Waals surface area contributed by atoms with Crippen molar-refractivity contribution in [2.45, 2.75) is 57.7 Å². The fraction of sp³-hybridized carbons (Fsp3) is 0.455. The van der Waals surface area contributed by atoms with Crippen LogP contribution in [0.3, 0.4) is 0 Å². The van der Waals surface area contributed by atoms with Crippen LogP contribution in [-0.4, -0.2) is 28.6 Å². The molecule has 0 radical (unpaired) electrons. The molecule has 1 atom stereocenters. The van der Waals surface area contributed by atoms with Crippen molar-refractivity contribution in [1.29, 1.82) is 0 Å². The number of carbonyl (C=O) groups is 2. The van der Waals surface area contributed by atoms with Gasteiger partial charge < -0.3 is 10.2 Å². The highest BCUT2D eigenvalue weighted by molar-refractivity contribution is 7.09. The van der Waals surface area contributed by atoms with E-state index in [9.17, 15) is 9.59 Å². The summed E-state index contributed by atoms with van der Waals surface area (Å²) in [5, 5.41) is 5.19. The van der Waals surface area contributed by atoms with Crippen molar-refractivity contribution in [3.8, 4) is 0 Å². The van der Waals surface area contributed by atoms with Crippen LogP contribution in [0.4, 0.5) is 0 Å². The maximum absolute atomic E-state index is 13.4. The quantitative estimate of drug-likeness (QED) is 0.655. The molecule has 0 bridgehead atoms. The van der Waals surface area contributed by atoms with Crippen molar-refractivity contribution in [2.75, 3.05) is 5.88 Å². The highest BCUT2D eigenvalue weighted by Gasteiger charge is 2.33. The van der Waals surface area contributed by atoms with Gasteiger partial charge in [-0.2, -0.15) is 0 Å². The Morgan fingerprint density at radius 1 is 1.18 bits per heavy atom. The highest BCUT2D eigenvalue weighted by Crippen LogP contribution is 2.28. The molecule has 1 aliphatic rings. The zero-order valence-electron chi connectivity index (χ0n) is 16.2. The van der Waals surface area contributed by atoms with Crippen molar-refractivity contribution in [1.82, 2.24) is 10.2 Å². The van der Waals surface area contributed by atoms with Crippen molar-refractivity contribution in [3.05, 3.63) is 57.8 Å². The summed E-state index contributed by atoms with van der Waals surface area (Å²) >= 11 is 7.51. The zero-order valence-corrected chi connectivity index (χ0v) is 17.8. The van der Waals surface area contributed by atoms with E-state index in [0.717, 1.165) is 41.7 Å². The van der Waals surface area contributed by atoms with E-state index in [1.807, 2.05) is 48.7 Å². The Balaban J connectivity index is 1.93. The summed E-state index contributed by atoms with van der Waals surface area (Å²) in [6.07, 6.45) is 5.50. The van der Waals surface area contributed by atoms with Gasteiger partial charge in [0.15, 0.2) is 0 Å². The van der Waals surface area contributed by atoms with Gasteiger partial charge >= 0.3 is 0 Å². The minimum absolute atomic E-state index is 0.115. The molecule has 1 unspecified atom stereocenters. The number of hydrogen-bond donors (Lipinski definition) is 1. The van der Waals surface area contributed by atoms with E-state index in [-0.39, 0.29) is 23.7 Å².